The highest BCUT2D eigenvalue weighted by molar-refractivity contribution is 7.07. The fraction of sp³-hybridized carbons (Fsp3) is 0.333. The number of phenolic OH excluding ortho intramolecular Hbond substituents is 1. The molecule has 0 spiro atoms. The van der Waals surface area contributed by atoms with Gasteiger partial charge in [0.05, 0.1) is 32.2 Å². The maximum atomic E-state index is 10.1. The maximum absolute atomic E-state index is 10.1. The number of methoxy groups -OCH3 is 2. The molecule has 0 bridgehead atoms. The Morgan fingerprint density at radius 2 is 1.81 bits per heavy atom. The van der Waals surface area contributed by atoms with Gasteiger partial charge in [0.1, 0.15) is 5.75 Å². The van der Waals surface area contributed by atoms with Crippen molar-refractivity contribution in [3.05, 3.63) is 58.2 Å². The van der Waals surface area contributed by atoms with Crippen LogP contribution in [0.5, 0.6) is 17.2 Å². The van der Waals surface area contributed by atoms with E-state index < -0.39 is 0 Å². The molecule has 6 nitrogen and oxygen atoms in total. The van der Waals surface area contributed by atoms with Gasteiger partial charge in [-0.2, -0.15) is 5.10 Å². The Morgan fingerprint density at radius 3 is 2.55 bits per heavy atom. The van der Waals surface area contributed by atoms with Crippen LogP contribution in [0, 0.1) is 0 Å². The number of nitrogens with zero attached hydrogens (tertiary/aromatic N) is 3. The van der Waals surface area contributed by atoms with Crippen molar-refractivity contribution in [1.29, 1.82) is 0 Å². The molecule has 31 heavy (non-hydrogen) atoms. The van der Waals surface area contributed by atoms with Gasteiger partial charge in [0, 0.05) is 10.9 Å². The van der Waals surface area contributed by atoms with E-state index in [9.17, 15) is 5.11 Å². The van der Waals surface area contributed by atoms with Crippen molar-refractivity contribution in [2.24, 2.45) is 10.1 Å². The molecule has 1 fully saturated rings. The SMILES string of the molecule is COc1ccc(C=Nn2c(-c3ccccc3OC)csc2=NC2CCCCC2)cc1O. The minimum Gasteiger partial charge on any atom is -0.504 e. The minimum atomic E-state index is 0.0823. The Kier molecular flexibility index (Phi) is 6.72. The molecule has 162 valence electrons. The molecule has 0 aliphatic heterocycles. The molecule has 1 aromatic heterocycles. The summed E-state index contributed by atoms with van der Waals surface area (Å²) in [6, 6.07) is 13.5. The Balaban J connectivity index is 1.78. The summed E-state index contributed by atoms with van der Waals surface area (Å²) in [7, 11) is 3.20. The van der Waals surface area contributed by atoms with Crippen LogP contribution in [0.3, 0.4) is 0 Å². The number of phenols is 1. The van der Waals surface area contributed by atoms with E-state index in [2.05, 4.69) is 5.38 Å². The summed E-state index contributed by atoms with van der Waals surface area (Å²) >= 11 is 1.59. The topological polar surface area (TPSA) is 68.3 Å². The van der Waals surface area contributed by atoms with Crippen LogP contribution in [-0.2, 0) is 0 Å². The minimum absolute atomic E-state index is 0.0823. The highest BCUT2D eigenvalue weighted by Crippen LogP contribution is 2.30. The van der Waals surface area contributed by atoms with Gasteiger partial charge in [-0.15, -0.1) is 11.3 Å². The number of hydrogen-bond donors (Lipinski definition) is 1. The number of aromatic nitrogens is 1. The largest absolute Gasteiger partial charge is 0.504 e. The molecule has 1 N–H and O–H groups in total. The summed E-state index contributed by atoms with van der Waals surface area (Å²) in [5, 5.41) is 16.9. The smallest absolute Gasteiger partial charge is 0.206 e. The quantitative estimate of drug-likeness (QED) is 0.549. The standard InChI is InChI=1S/C24H27N3O3S/c1-29-22-11-7-6-10-19(22)20-16-31-24(26-18-8-4-3-5-9-18)27(20)25-15-17-12-13-23(30-2)21(28)14-17/h6-7,10-16,18,28H,3-5,8-9H2,1-2H3. The van der Waals surface area contributed by atoms with E-state index in [1.54, 1.807) is 36.8 Å². The van der Waals surface area contributed by atoms with E-state index >= 15 is 0 Å². The fourth-order valence-corrected chi connectivity index (χ4v) is 4.72. The van der Waals surface area contributed by atoms with Crippen LogP contribution in [-0.4, -0.2) is 36.3 Å². The molecule has 0 saturated heterocycles. The van der Waals surface area contributed by atoms with Crippen LogP contribution < -0.4 is 14.3 Å². The lowest BCUT2D eigenvalue weighted by Gasteiger charge is -2.17. The fourth-order valence-electron chi connectivity index (χ4n) is 3.82. The Morgan fingerprint density at radius 1 is 1.03 bits per heavy atom. The lowest BCUT2D eigenvalue weighted by Crippen LogP contribution is -2.19. The zero-order valence-corrected chi connectivity index (χ0v) is 18.6. The third-order valence-corrected chi connectivity index (χ3v) is 6.29. The van der Waals surface area contributed by atoms with Gasteiger partial charge in [-0.1, -0.05) is 31.4 Å². The summed E-state index contributed by atoms with van der Waals surface area (Å²) in [6.07, 6.45) is 7.73. The molecule has 4 rings (SSSR count). The third kappa shape index (κ3) is 4.82. The summed E-state index contributed by atoms with van der Waals surface area (Å²) in [6.45, 7) is 0. The second-order valence-electron chi connectivity index (χ2n) is 7.51. The van der Waals surface area contributed by atoms with E-state index in [0.717, 1.165) is 40.2 Å². The van der Waals surface area contributed by atoms with E-state index in [-0.39, 0.29) is 5.75 Å². The molecular formula is C24H27N3O3S. The van der Waals surface area contributed by atoms with Crippen LogP contribution in [0.15, 0.2) is 57.9 Å². The number of hydrogen-bond acceptors (Lipinski definition) is 6. The Bertz CT molecular complexity index is 1130. The Labute approximate surface area is 186 Å². The second-order valence-corrected chi connectivity index (χ2v) is 8.35. The zero-order valence-electron chi connectivity index (χ0n) is 17.8. The van der Waals surface area contributed by atoms with E-state index in [1.807, 2.05) is 35.0 Å². The van der Waals surface area contributed by atoms with Crippen LogP contribution in [0.4, 0.5) is 0 Å². The van der Waals surface area contributed by atoms with Crippen molar-refractivity contribution >= 4 is 17.6 Å². The van der Waals surface area contributed by atoms with Crippen molar-refractivity contribution in [2.45, 2.75) is 38.1 Å². The molecule has 1 aliphatic carbocycles. The zero-order chi connectivity index (χ0) is 21.6. The molecule has 0 atom stereocenters. The molecule has 0 amide bonds. The van der Waals surface area contributed by atoms with Gasteiger partial charge >= 0.3 is 0 Å². The maximum Gasteiger partial charge on any atom is 0.206 e. The molecule has 7 heteroatoms. The number of benzene rings is 2. The summed E-state index contributed by atoms with van der Waals surface area (Å²) in [5.74, 6) is 1.30. The molecule has 1 heterocycles. The summed E-state index contributed by atoms with van der Waals surface area (Å²) < 4.78 is 12.6. The van der Waals surface area contributed by atoms with E-state index in [0.29, 0.717) is 11.8 Å². The lowest BCUT2D eigenvalue weighted by molar-refractivity contribution is 0.373. The molecule has 1 saturated carbocycles. The molecule has 0 radical (unpaired) electrons. The van der Waals surface area contributed by atoms with Crippen molar-refractivity contribution < 1.29 is 14.6 Å². The van der Waals surface area contributed by atoms with E-state index in [1.165, 1.54) is 26.4 Å². The predicted octanol–water partition coefficient (Wildman–Crippen LogP) is 5.06. The average molecular weight is 438 g/mol. The second kappa shape index (κ2) is 9.83. The first-order valence-corrected chi connectivity index (χ1v) is 11.4. The predicted molar refractivity (Wildman–Crippen MR) is 124 cm³/mol. The van der Waals surface area contributed by atoms with Crippen LogP contribution in [0.25, 0.3) is 11.3 Å². The van der Waals surface area contributed by atoms with Crippen LogP contribution in [0.1, 0.15) is 37.7 Å². The first-order valence-electron chi connectivity index (χ1n) is 10.5. The van der Waals surface area contributed by atoms with Gasteiger partial charge in [0.15, 0.2) is 11.5 Å². The van der Waals surface area contributed by atoms with Gasteiger partial charge in [-0.3, -0.25) is 4.99 Å². The first kappa shape index (κ1) is 21.2. The molecule has 1 aliphatic rings. The van der Waals surface area contributed by atoms with Crippen molar-refractivity contribution in [1.82, 2.24) is 4.68 Å². The van der Waals surface area contributed by atoms with Crippen molar-refractivity contribution in [3.63, 3.8) is 0 Å². The number of ether oxygens (including phenoxy) is 2. The van der Waals surface area contributed by atoms with Crippen molar-refractivity contribution in [3.8, 4) is 28.5 Å². The highest BCUT2D eigenvalue weighted by atomic mass is 32.1. The molecular weight excluding hydrogens is 410 g/mol. The number of rotatable bonds is 6. The highest BCUT2D eigenvalue weighted by Gasteiger charge is 2.15. The first-order chi connectivity index (χ1) is 15.2. The van der Waals surface area contributed by atoms with Gasteiger partial charge < -0.3 is 14.6 Å². The molecule has 2 aromatic carbocycles. The lowest BCUT2D eigenvalue weighted by atomic mass is 9.96. The molecule has 3 aromatic rings. The van der Waals surface area contributed by atoms with Crippen LogP contribution in [0.2, 0.25) is 0 Å². The van der Waals surface area contributed by atoms with Crippen molar-refractivity contribution in [2.75, 3.05) is 14.2 Å². The summed E-state index contributed by atoms with van der Waals surface area (Å²) in [4.78, 5) is 5.90. The summed E-state index contributed by atoms with van der Waals surface area (Å²) in [5.41, 5.74) is 2.65. The number of para-hydroxylation sites is 1. The van der Waals surface area contributed by atoms with Gasteiger partial charge in [0.2, 0.25) is 4.80 Å². The van der Waals surface area contributed by atoms with Crippen LogP contribution >= 0.6 is 11.3 Å². The average Bonchev–Trinajstić information content (AvgIpc) is 3.20. The molecule has 0 unspecified atom stereocenters. The Hall–Kier alpha value is -3.06. The number of thiazole rings is 1. The van der Waals surface area contributed by atoms with Gasteiger partial charge in [-0.05, 0) is 48.7 Å². The van der Waals surface area contributed by atoms with Gasteiger partial charge in [0.25, 0.3) is 0 Å². The van der Waals surface area contributed by atoms with Gasteiger partial charge in [-0.25, -0.2) is 4.68 Å². The van der Waals surface area contributed by atoms with E-state index in [4.69, 9.17) is 19.6 Å². The monoisotopic (exact) mass is 437 g/mol. The normalized spacial score (nSPS) is 15.5. The third-order valence-electron chi connectivity index (χ3n) is 5.46. The number of aromatic hydroxyl groups is 1.